The number of carbonyl (C=O) groups is 1. The Hall–Kier alpha value is -2.04. The van der Waals surface area contributed by atoms with Gasteiger partial charge in [-0.25, -0.2) is 0 Å². The average Bonchev–Trinajstić information content (AvgIpc) is 3.19. The minimum atomic E-state index is -0.415. The number of amides is 1. The number of rotatable bonds is 9. The van der Waals surface area contributed by atoms with Crippen molar-refractivity contribution < 1.29 is 19.0 Å². The highest BCUT2D eigenvalue weighted by molar-refractivity contribution is 9.10. The maximum absolute atomic E-state index is 12.3. The fraction of sp³-hybridized carbons (Fsp3) is 0.500. The fourth-order valence-electron chi connectivity index (χ4n) is 2.67. The van der Waals surface area contributed by atoms with Crippen LogP contribution in [0.1, 0.15) is 38.2 Å². The van der Waals surface area contributed by atoms with E-state index in [1.54, 1.807) is 19.2 Å². The highest BCUT2D eigenvalue weighted by atomic mass is 79.9. The number of unbranched alkanes of at least 4 members (excludes halogenated alkanes) is 1. The molecule has 6 nitrogen and oxygen atoms in total. The van der Waals surface area contributed by atoms with Crippen LogP contribution in [0.15, 0.2) is 22.2 Å². The normalized spacial score (nSPS) is 16.7. The number of nitrogens with zero attached hydrogens (tertiary/aromatic N) is 1. The van der Waals surface area contributed by atoms with E-state index in [0.717, 1.165) is 36.8 Å². The summed E-state index contributed by atoms with van der Waals surface area (Å²) >= 11 is 3.48. The van der Waals surface area contributed by atoms with Gasteiger partial charge >= 0.3 is 0 Å². The summed E-state index contributed by atoms with van der Waals surface area (Å²) in [5.41, 5.74) is 0.689. The maximum atomic E-state index is 12.3. The van der Waals surface area contributed by atoms with Crippen molar-refractivity contribution in [3.63, 3.8) is 0 Å². The van der Waals surface area contributed by atoms with Gasteiger partial charge in [0.15, 0.2) is 11.5 Å². The number of carbonyl (C=O) groups excluding carboxylic acids is 1. The SMILES string of the molecule is CCCCOc1cc(Br)c(/C=C(\C#N)C(=O)NC[C@H]2CCCO2)cc1OC. The second-order valence-electron chi connectivity index (χ2n) is 6.24. The molecule has 0 spiro atoms. The van der Waals surface area contributed by atoms with Crippen LogP contribution in [0, 0.1) is 11.3 Å². The van der Waals surface area contributed by atoms with E-state index in [0.29, 0.717) is 30.2 Å². The smallest absolute Gasteiger partial charge is 0.262 e. The van der Waals surface area contributed by atoms with Gasteiger partial charge in [-0.2, -0.15) is 5.26 Å². The monoisotopic (exact) mass is 436 g/mol. The van der Waals surface area contributed by atoms with Gasteiger partial charge in [-0.05, 0) is 43.0 Å². The molecule has 0 saturated carbocycles. The largest absolute Gasteiger partial charge is 0.493 e. The van der Waals surface area contributed by atoms with Crippen molar-refractivity contribution in [3.05, 3.63) is 27.7 Å². The summed E-state index contributed by atoms with van der Waals surface area (Å²) in [7, 11) is 1.56. The van der Waals surface area contributed by atoms with Gasteiger partial charge in [-0.15, -0.1) is 0 Å². The lowest BCUT2D eigenvalue weighted by Gasteiger charge is -2.13. The Labute approximate surface area is 168 Å². The minimum Gasteiger partial charge on any atom is -0.493 e. The molecular formula is C20H25BrN2O4. The van der Waals surface area contributed by atoms with E-state index in [1.807, 2.05) is 6.07 Å². The van der Waals surface area contributed by atoms with E-state index >= 15 is 0 Å². The lowest BCUT2D eigenvalue weighted by molar-refractivity contribution is -0.117. The lowest BCUT2D eigenvalue weighted by atomic mass is 10.1. The van der Waals surface area contributed by atoms with Gasteiger partial charge in [0.25, 0.3) is 5.91 Å². The second kappa shape index (κ2) is 11.0. The molecule has 1 aliphatic rings. The van der Waals surface area contributed by atoms with Crippen molar-refractivity contribution in [2.75, 3.05) is 26.9 Å². The Balaban J connectivity index is 2.13. The van der Waals surface area contributed by atoms with Crippen molar-refractivity contribution in [2.24, 2.45) is 0 Å². The topological polar surface area (TPSA) is 80.6 Å². The Morgan fingerprint density at radius 3 is 2.93 bits per heavy atom. The number of methoxy groups -OCH3 is 1. The van der Waals surface area contributed by atoms with Gasteiger partial charge in [-0.1, -0.05) is 29.3 Å². The van der Waals surface area contributed by atoms with Crippen LogP contribution in [0.25, 0.3) is 6.08 Å². The minimum absolute atomic E-state index is 0.0235. The number of hydrogen-bond donors (Lipinski definition) is 1. The fourth-order valence-corrected chi connectivity index (χ4v) is 3.11. The molecule has 27 heavy (non-hydrogen) atoms. The predicted molar refractivity (Wildman–Crippen MR) is 107 cm³/mol. The third-order valence-corrected chi connectivity index (χ3v) is 4.90. The van der Waals surface area contributed by atoms with Crippen LogP contribution in [-0.4, -0.2) is 38.9 Å². The molecule has 0 radical (unpaired) electrons. The molecule has 7 heteroatoms. The second-order valence-corrected chi connectivity index (χ2v) is 7.10. The molecular weight excluding hydrogens is 412 g/mol. The first-order valence-corrected chi connectivity index (χ1v) is 9.90. The zero-order valence-electron chi connectivity index (χ0n) is 15.7. The van der Waals surface area contributed by atoms with E-state index in [-0.39, 0.29) is 11.7 Å². The van der Waals surface area contributed by atoms with Crippen LogP contribution >= 0.6 is 15.9 Å². The van der Waals surface area contributed by atoms with E-state index in [1.165, 1.54) is 6.08 Å². The van der Waals surface area contributed by atoms with Gasteiger partial charge in [0.1, 0.15) is 11.6 Å². The Bertz CT molecular complexity index is 721. The molecule has 1 heterocycles. The number of halogens is 1. The summed E-state index contributed by atoms with van der Waals surface area (Å²) in [6.45, 7) is 3.83. The van der Waals surface area contributed by atoms with Crippen LogP contribution in [0.5, 0.6) is 11.5 Å². The van der Waals surface area contributed by atoms with Gasteiger partial charge in [0, 0.05) is 17.6 Å². The molecule has 1 aromatic rings. The van der Waals surface area contributed by atoms with Crippen LogP contribution in [0.3, 0.4) is 0 Å². The highest BCUT2D eigenvalue weighted by Gasteiger charge is 2.18. The average molecular weight is 437 g/mol. The number of ether oxygens (including phenoxy) is 3. The summed E-state index contributed by atoms with van der Waals surface area (Å²) in [6.07, 6.45) is 5.48. The van der Waals surface area contributed by atoms with Crippen molar-refractivity contribution >= 4 is 27.9 Å². The van der Waals surface area contributed by atoms with E-state index in [9.17, 15) is 10.1 Å². The standard InChI is InChI=1S/C20H25BrN2O4/c1-3-4-7-27-19-11-17(21)14(10-18(19)25-2)9-15(12-22)20(24)23-13-16-6-5-8-26-16/h9-11,16H,3-8,13H2,1-2H3,(H,23,24)/b15-9+/t16-/m1/s1. The van der Waals surface area contributed by atoms with Crippen LogP contribution in [0.4, 0.5) is 0 Å². The van der Waals surface area contributed by atoms with E-state index in [4.69, 9.17) is 14.2 Å². The number of hydrogen-bond acceptors (Lipinski definition) is 5. The van der Waals surface area contributed by atoms with Gasteiger partial charge in [0.2, 0.25) is 0 Å². The molecule has 1 fully saturated rings. The molecule has 1 atom stereocenters. The molecule has 146 valence electrons. The molecule has 1 saturated heterocycles. The first-order valence-electron chi connectivity index (χ1n) is 9.11. The Morgan fingerprint density at radius 1 is 1.48 bits per heavy atom. The number of nitriles is 1. The van der Waals surface area contributed by atoms with Crippen molar-refractivity contribution in [2.45, 2.75) is 38.7 Å². The number of nitrogens with one attached hydrogen (secondary N) is 1. The summed E-state index contributed by atoms with van der Waals surface area (Å²) < 4.78 is 17.3. The van der Waals surface area contributed by atoms with Gasteiger partial charge in [-0.3, -0.25) is 4.79 Å². The Morgan fingerprint density at radius 2 is 2.30 bits per heavy atom. The Kier molecular flexibility index (Phi) is 8.62. The lowest BCUT2D eigenvalue weighted by Crippen LogP contribution is -2.32. The molecule has 1 aliphatic heterocycles. The van der Waals surface area contributed by atoms with Crippen molar-refractivity contribution in [1.82, 2.24) is 5.32 Å². The first-order chi connectivity index (χ1) is 13.1. The molecule has 1 amide bonds. The van der Waals surface area contributed by atoms with E-state index in [2.05, 4.69) is 28.2 Å². The number of benzene rings is 1. The highest BCUT2D eigenvalue weighted by Crippen LogP contribution is 2.34. The van der Waals surface area contributed by atoms with Crippen molar-refractivity contribution in [3.8, 4) is 17.6 Å². The summed E-state index contributed by atoms with van der Waals surface area (Å²) in [6, 6.07) is 5.50. The molecule has 0 aromatic heterocycles. The summed E-state index contributed by atoms with van der Waals surface area (Å²) in [5.74, 6) is 0.760. The summed E-state index contributed by atoms with van der Waals surface area (Å²) in [4.78, 5) is 12.3. The molecule has 2 rings (SSSR count). The molecule has 0 unspecified atom stereocenters. The zero-order chi connectivity index (χ0) is 19.6. The van der Waals surface area contributed by atoms with E-state index < -0.39 is 5.91 Å². The molecule has 1 aromatic carbocycles. The van der Waals surface area contributed by atoms with Gasteiger partial charge in [0.05, 0.1) is 19.8 Å². The van der Waals surface area contributed by atoms with Gasteiger partial charge < -0.3 is 19.5 Å². The molecule has 0 bridgehead atoms. The molecule has 1 N–H and O–H groups in total. The predicted octanol–water partition coefficient (Wildman–Crippen LogP) is 3.84. The zero-order valence-corrected chi connectivity index (χ0v) is 17.3. The van der Waals surface area contributed by atoms with Crippen LogP contribution < -0.4 is 14.8 Å². The molecule has 0 aliphatic carbocycles. The first kappa shape index (κ1) is 21.3. The maximum Gasteiger partial charge on any atom is 0.262 e. The summed E-state index contributed by atoms with van der Waals surface area (Å²) in [5, 5.41) is 12.1. The van der Waals surface area contributed by atoms with Crippen LogP contribution in [0.2, 0.25) is 0 Å². The third-order valence-electron chi connectivity index (χ3n) is 4.22. The van der Waals surface area contributed by atoms with Crippen molar-refractivity contribution in [1.29, 1.82) is 5.26 Å². The third kappa shape index (κ3) is 6.26. The van der Waals surface area contributed by atoms with Crippen LogP contribution in [-0.2, 0) is 9.53 Å². The quantitative estimate of drug-likeness (QED) is 0.361.